The Morgan fingerprint density at radius 1 is 0.732 bits per heavy atom. The fourth-order valence-corrected chi connectivity index (χ4v) is 5.18. The molecule has 0 unspecified atom stereocenters. The second kappa shape index (κ2) is 14.4. The van der Waals surface area contributed by atoms with E-state index in [4.69, 9.17) is 46.4 Å². The number of amides is 3. The number of thioether (sulfide) groups is 1. The van der Waals surface area contributed by atoms with E-state index in [0.717, 1.165) is 4.90 Å². The molecule has 0 saturated heterocycles. The highest BCUT2D eigenvalue weighted by Gasteiger charge is 2.16. The Balaban J connectivity index is 1.47. The maximum Gasteiger partial charge on any atom is 0.272 e. The lowest BCUT2D eigenvalue weighted by Gasteiger charge is -2.13. The van der Waals surface area contributed by atoms with E-state index in [1.165, 1.54) is 17.8 Å². The molecule has 4 aromatic rings. The standard InChI is InChI=1S/C30H21Cl4N3O3S/c31-20-10-9-19(24(33)14-20)13-27(37-29(39)18-5-2-1-3-6-18)30(40)35-22-7-4-8-23(16-22)41-17-28(38)36-26-12-11-21(32)15-25(26)34/h1-16H,17H2,(H,35,40)(H,36,38)(H,37,39)/b27-13+. The van der Waals surface area contributed by atoms with Crippen LogP contribution in [0.4, 0.5) is 11.4 Å². The van der Waals surface area contributed by atoms with Gasteiger partial charge in [0.1, 0.15) is 5.70 Å². The molecule has 0 aromatic heterocycles. The van der Waals surface area contributed by atoms with Crippen LogP contribution in [0.25, 0.3) is 6.08 Å². The highest BCUT2D eigenvalue weighted by molar-refractivity contribution is 8.00. The zero-order valence-electron chi connectivity index (χ0n) is 21.1. The summed E-state index contributed by atoms with van der Waals surface area (Å²) in [5, 5.41) is 9.77. The van der Waals surface area contributed by atoms with Crippen molar-refractivity contribution in [3.8, 4) is 0 Å². The number of halogens is 4. The predicted molar refractivity (Wildman–Crippen MR) is 169 cm³/mol. The van der Waals surface area contributed by atoms with Crippen LogP contribution >= 0.6 is 58.2 Å². The number of nitrogens with one attached hydrogen (secondary N) is 3. The van der Waals surface area contributed by atoms with Crippen molar-refractivity contribution < 1.29 is 14.4 Å². The lowest BCUT2D eigenvalue weighted by atomic mass is 10.1. The van der Waals surface area contributed by atoms with Gasteiger partial charge in [0, 0.05) is 31.2 Å². The van der Waals surface area contributed by atoms with Gasteiger partial charge in [-0.15, -0.1) is 11.8 Å². The average molecular weight is 645 g/mol. The first kappa shape index (κ1) is 30.5. The molecule has 0 atom stereocenters. The van der Waals surface area contributed by atoms with Crippen molar-refractivity contribution in [2.75, 3.05) is 16.4 Å². The highest BCUT2D eigenvalue weighted by Crippen LogP contribution is 2.27. The van der Waals surface area contributed by atoms with E-state index in [2.05, 4.69) is 16.0 Å². The van der Waals surface area contributed by atoms with E-state index in [9.17, 15) is 14.4 Å². The quantitative estimate of drug-likeness (QED) is 0.126. The van der Waals surface area contributed by atoms with E-state index in [1.807, 2.05) is 6.07 Å². The first-order valence-corrected chi connectivity index (χ1v) is 14.5. The van der Waals surface area contributed by atoms with Crippen molar-refractivity contribution in [3.63, 3.8) is 0 Å². The Bertz CT molecular complexity index is 1630. The minimum absolute atomic E-state index is 0.0275. The second-order valence-electron chi connectivity index (χ2n) is 8.49. The lowest BCUT2D eigenvalue weighted by molar-refractivity contribution is -0.114. The Labute approximate surface area is 261 Å². The van der Waals surface area contributed by atoms with Crippen LogP contribution in [0.2, 0.25) is 20.1 Å². The normalized spacial score (nSPS) is 11.1. The van der Waals surface area contributed by atoms with Gasteiger partial charge in [-0.2, -0.15) is 0 Å². The van der Waals surface area contributed by atoms with Gasteiger partial charge in [0.05, 0.1) is 16.5 Å². The molecule has 6 nitrogen and oxygen atoms in total. The molecule has 0 spiro atoms. The monoisotopic (exact) mass is 643 g/mol. The first-order valence-electron chi connectivity index (χ1n) is 12.0. The van der Waals surface area contributed by atoms with Crippen LogP contribution in [0.15, 0.2) is 102 Å². The Morgan fingerprint density at radius 3 is 2.15 bits per heavy atom. The van der Waals surface area contributed by atoms with Crippen molar-refractivity contribution in [1.82, 2.24) is 5.32 Å². The third kappa shape index (κ3) is 9.01. The first-order chi connectivity index (χ1) is 19.7. The highest BCUT2D eigenvalue weighted by atomic mass is 35.5. The van der Waals surface area contributed by atoms with Crippen LogP contribution in [0, 0.1) is 0 Å². The topological polar surface area (TPSA) is 87.3 Å². The van der Waals surface area contributed by atoms with Gasteiger partial charge in [-0.3, -0.25) is 14.4 Å². The van der Waals surface area contributed by atoms with Crippen LogP contribution < -0.4 is 16.0 Å². The molecule has 4 rings (SSSR count). The molecule has 0 aliphatic rings. The smallest absolute Gasteiger partial charge is 0.272 e. The minimum Gasteiger partial charge on any atom is -0.324 e. The van der Waals surface area contributed by atoms with Gasteiger partial charge in [-0.25, -0.2) is 0 Å². The van der Waals surface area contributed by atoms with Crippen LogP contribution in [-0.2, 0) is 9.59 Å². The molecule has 4 aromatic carbocycles. The van der Waals surface area contributed by atoms with Crippen LogP contribution in [-0.4, -0.2) is 23.5 Å². The molecule has 0 aliphatic carbocycles. The molecular formula is C30H21Cl4N3O3S. The molecule has 0 radical (unpaired) electrons. The number of hydrogen-bond donors (Lipinski definition) is 3. The number of carbonyl (C=O) groups is 3. The third-order valence-corrected chi connectivity index (χ3v) is 7.56. The summed E-state index contributed by atoms with van der Waals surface area (Å²) in [6.07, 6.45) is 1.47. The van der Waals surface area contributed by atoms with Crippen LogP contribution in [0.3, 0.4) is 0 Å². The summed E-state index contributed by atoms with van der Waals surface area (Å²) in [6.45, 7) is 0. The van der Waals surface area contributed by atoms with Gasteiger partial charge in [0.15, 0.2) is 0 Å². The van der Waals surface area contributed by atoms with Crippen molar-refractivity contribution in [2.24, 2.45) is 0 Å². The van der Waals surface area contributed by atoms with E-state index in [0.29, 0.717) is 42.6 Å². The Morgan fingerprint density at radius 2 is 1.44 bits per heavy atom. The average Bonchev–Trinajstić information content (AvgIpc) is 2.95. The molecule has 3 amide bonds. The number of hydrogen-bond acceptors (Lipinski definition) is 4. The van der Waals surface area contributed by atoms with Crippen molar-refractivity contribution >= 4 is 93.3 Å². The predicted octanol–water partition coefficient (Wildman–Crippen LogP) is 8.44. The lowest BCUT2D eigenvalue weighted by Crippen LogP contribution is -2.30. The van der Waals surface area contributed by atoms with Crippen molar-refractivity contribution in [3.05, 3.63) is 128 Å². The molecule has 0 saturated carbocycles. The molecule has 41 heavy (non-hydrogen) atoms. The maximum absolute atomic E-state index is 13.3. The molecule has 11 heteroatoms. The summed E-state index contributed by atoms with van der Waals surface area (Å²) in [6, 6.07) is 25.1. The van der Waals surface area contributed by atoms with Crippen LogP contribution in [0.5, 0.6) is 0 Å². The summed E-state index contributed by atoms with van der Waals surface area (Å²) < 4.78 is 0. The van der Waals surface area contributed by atoms with Crippen LogP contribution in [0.1, 0.15) is 15.9 Å². The summed E-state index contributed by atoms with van der Waals surface area (Å²) in [5.41, 5.74) is 1.76. The van der Waals surface area contributed by atoms with Crippen molar-refractivity contribution in [2.45, 2.75) is 4.90 Å². The van der Waals surface area contributed by atoms with Gasteiger partial charge < -0.3 is 16.0 Å². The van der Waals surface area contributed by atoms with Gasteiger partial charge in [0.25, 0.3) is 11.8 Å². The Kier molecular flexibility index (Phi) is 10.7. The summed E-state index contributed by atoms with van der Waals surface area (Å²) in [4.78, 5) is 39.4. The maximum atomic E-state index is 13.3. The Hall–Kier alpha value is -3.46. The fourth-order valence-electron chi connectivity index (χ4n) is 3.50. The van der Waals surface area contributed by atoms with Gasteiger partial charge in [-0.1, -0.05) is 76.7 Å². The molecule has 208 valence electrons. The minimum atomic E-state index is -0.572. The molecule has 0 fully saturated rings. The molecule has 0 heterocycles. The van der Waals surface area contributed by atoms with E-state index in [1.54, 1.807) is 84.9 Å². The van der Waals surface area contributed by atoms with Gasteiger partial charge in [0.2, 0.25) is 5.91 Å². The summed E-state index contributed by atoms with van der Waals surface area (Å²) >= 11 is 25.6. The molecule has 0 aliphatic heterocycles. The fraction of sp³-hybridized carbons (Fsp3) is 0.0333. The largest absolute Gasteiger partial charge is 0.324 e. The number of carbonyl (C=O) groups excluding carboxylic acids is 3. The number of benzene rings is 4. The van der Waals surface area contributed by atoms with Gasteiger partial charge >= 0.3 is 0 Å². The third-order valence-electron chi connectivity index (χ3n) is 5.46. The summed E-state index contributed by atoms with van der Waals surface area (Å²) in [5.74, 6) is -1.20. The van der Waals surface area contributed by atoms with E-state index in [-0.39, 0.29) is 17.4 Å². The van der Waals surface area contributed by atoms with E-state index >= 15 is 0 Å². The van der Waals surface area contributed by atoms with Crippen molar-refractivity contribution in [1.29, 1.82) is 0 Å². The number of anilines is 2. The zero-order valence-corrected chi connectivity index (χ0v) is 24.9. The zero-order chi connectivity index (χ0) is 29.4. The van der Waals surface area contributed by atoms with E-state index < -0.39 is 11.8 Å². The van der Waals surface area contributed by atoms with Gasteiger partial charge in [-0.05, 0) is 72.3 Å². The molecular weight excluding hydrogens is 624 g/mol. The second-order valence-corrected chi connectivity index (χ2v) is 11.2. The molecule has 0 bridgehead atoms. The summed E-state index contributed by atoms with van der Waals surface area (Å²) in [7, 11) is 0. The molecule has 3 N–H and O–H groups in total. The number of rotatable bonds is 9. The SMILES string of the molecule is O=C(CSc1cccc(NC(=O)/C(=C\c2ccc(Cl)cc2Cl)NC(=O)c2ccccc2)c1)Nc1ccc(Cl)cc1Cl.